The van der Waals surface area contributed by atoms with Gasteiger partial charge in [0, 0.05) is 29.4 Å². The van der Waals surface area contributed by atoms with Crippen LogP contribution in [0.2, 0.25) is 0 Å². The van der Waals surface area contributed by atoms with E-state index >= 15 is 0 Å². The first-order valence-corrected chi connectivity index (χ1v) is 9.94. The van der Waals surface area contributed by atoms with E-state index in [1.165, 1.54) is 31.4 Å². The SMILES string of the molecule is COc1ccc([N+](=O)[O-])cc1/C=C1/SC(=O)N(CC(=O)Nc2ccc3c(c2)OCO3)C1=O. The molecule has 164 valence electrons. The average Bonchev–Trinajstić information content (AvgIpc) is 3.33. The number of non-ortho nitro benzene ring substituents is 1. The number of anilines is 1. The van der Waals surface area contributed by atoms with Gasteiger partial charge < -0.3 is 19.5 Å². The molecule has 3 amide bonds. The summed E-state index contributed by atoms with van der Waals surface area (Å²) in [6, 6.07) is 8.71. The lowest BCUT2D eigenvalue weighted by molar-refractivity contribution is -0.384. The molecule has 0 spiro atoms. The van der Waals surface area contributed by atoms with Gasteiger partial charge in [0.2, 0.25) is 12.7 Å². The van der Waals surface area contributed by atoms with Crippen molar-refractivity contribution in [2.45, 2.75) is 0 Å². The van der Waals surface area contributed by atoms with Crippen LogP contribution in [0.1, 0.15) is 5.56 Å². The number of fused-ring (bicyclic) bond motifs is 1. The Labute approximate surface area is 185 Å². The minimum atomic E-state index is -0.686. The molecule has 0 unspecified atom stereocenters. The summed E-state index contributed by atoms with van der Waals surface area (Å²) < 4.78 is 15.6. The standard InChI is InChI=1S/C20H15N3O8S/c1-29-14-5-3-13(23(27)28)6-11(14)7-17-19(25)22(20(26)32-17)9-18(24)21-12-2-4-15-16(8-12)31-10-30-15/h2-8H,9-10H2,1H3,(H,21,24)/b17-7+. The quantitative estimate of drug-likeness (QED) is 0.394. The van der Waals surface area contributed by atoms with Gasteiger partial charge in [-0.05, 0) is 36.0 Å². The summed E-state index contributed by atoms with van der Waals surface area (Å²) in [6.07, 6.45) is 1.33. The lowest BCUT2D eigenvalue weighted by atomic mass is 10.1. The predicted octanol–water partition coefficient (Wildman–Crippen LogP) is 3.01. The molecule has 0 aliphatic carbocycles. The minimum absolute atomic E-state index is 0.0182. The molecule has 2 aromatic rings. The Bertz CT molecular complexity index is 1180. The first-order valence-electron chi connectivity index (χ1n) is 9.13. The van der Waals surface area contributed by atoms with Gasteiger partial charge in [0.1, 0.15) is 12.3 Å². The normalized spacial score (nSPS) is 15.9. The van der Waals surface area contributed by atoms with E-state index in [1.807, 2.05) is 0 Å². The maximum Gasteiger partial charge on any atom is 0.294 e. The lowest BCUT2D eigenvalue weighted by Gasteiger charge is -2.12. The number of thioether (sulfide) groups is 1. The molecule has 0 aromatic heterocycles. The van der Waals surface area contributed by atoms with Crippen molar-refractivity contribution in [1.29, 1.82) is 0 Å². The van der Waals surface area contributed by atoms with Crippen molar-refractivity contribution < 1.29 is 33.5 Å². The largest absolute Gasteiger partial charge is 0.496 e. The number of nitro groups is 1. The molecule has 32 heavy (non-hydrogen) atoms. The van der Waals surface area contributed by atoms with E-state index < -0.39 is 28.5 Å². The zero-order valence-electron chi connectivity index (χ0n) is 16.5. The van der Waals surface area contributed by atoms with Crippen LogP contribution in [0.4, 0.5) is 16.2 Å². The molecule has 0 radical (unpaired) electrons. The number of nitrogens with zero attached hydrogens (tertiary/aromatic N) is 2. The van der Waals surface area contributed by atoms with Crippen molar-refractivity contribution in [3.63, 3.8) is 0 Å². The number of amides is 3. The number of carbonyl (C=O) groups excluding carboxylic acids is 3. The Morgan fingerprint density at radius 1 is 1.25 bits per heavy atom. The third-order valence-electron chi connectivity index (χ3n) is 4.54. The van der Waals surface area contributed by atoms with Crippen LogP contribution in [-0.2, 0) is 9.59 Å². The van der Waals surface area contributed by atoms with Gasteiger partial charge in [0.05, 0.1) is 16.9 Å². The number of rotatable bonds is 6. The highest BCUT2D eigenvalue weighted by molar-refractivity contribution is 8.18. The fourth-order valence-corrected chi connectivity index (χ4v) is 3.87. The highest BCUT2D eigenvalue weighted by atomic mass is 32.2. The molecule has 4 rings (SSSR count). The first-order chi connectivity index (χ1) is 15.4. The number of benzene rings is 2. The molecule has 1 fully saturated rings. The van der Waals surface area contributed by atoms with Crippen LogP contribution in [-0.4, -0.2) is 47.3 Å². The van der Waals surface area contributed by atoms with E-state index in [9.17, 15) is 24.5 Å². The van der Waals surface area contributed by atoms with E-state index in [2.05, 4.69) is 5.32 Å². The Balaban J connectivity index is 1.49. The second kappa shape index (κ2) is 8.59. The highest BCUT2D eigenvalue weighted by Crippen LogP contribution is 2.36. The van der Waals surface area contributed by atoms with Crippen molar-refractivity contribution in [2.75, 3.05) is 25.8 Å². The average molecular weight is 457 g/mol. The number of carbonyl (C=O) groups is 3. The fraction of sp³-hybridized carbons (Fsp3) is 0.150. The highest BCUT2D eigenvalue weighted by Gasteiger charge is 2.36. The number of imide groups is 1. The van der Waals surface area contributed by atoms with E-state index in [0.29, 0.717) is 34.7 Å². The first kappa shape index (κ1) is 21.2. The monoisotopic (exact) mass is 457 g/mol. The second-order valence-corrected chi connectivity index (χ2v) is 7.56. The number of nitrogens with one attached hydrogen (secondary N) is 1. The third-order valence-corrected chi connectivity index (χ3v) is 5.45. The second-order valence-electron chi connectivity index (χ2n) is 6.57. The molecular weight excluding hydrogens is 442 g/mol. The van der Waals surface area contributed by atoms with Crippen LogP contribution < -0.4 is 19.5 Å². The molecule has 2 heterocycles. The summed E-state index contributed by atoms with van der Waals surface area (Å²) in [5.74, 6) is 0.0520. The summed E-state index contributed by atoms with van der Waals surface area (Å²) in [5, 5.41) is 13.0. The third kappa shape index (κ3) is 4.21. The molecule has 0 atom stereocenters. The molecule has 12 heteroatoms. The Morgan fingerprint density at radius 2 is 2.03 bits per heavy atom. The molecule has 2 aliphatic rings. The van der Waals surface area contributed by atoms with Gasteiger partial charge in [-0.3, -0.25) is 29.4 Å². The predicted molar refractivity (Wildman–Crippen MR) is 114 cm³/mol. The molecule has 2 aliphatic heterocycles. The Hall–Kier alpha value is -4.06. The van der Waals surface area contributed by atoms with Gasteiger partial charge >= 0.3 is 0 Å². The van der Waals surface area contributed by atoms with Gasteiger partial charge in [-0.2, -0.15) is 0 Å². The summed E-state index contributed by atoms with van der Waals surface area (Å²) in [6.45, 7) is -0.409. The van der Waals surface area contributed by atoms with Gasteiger partial charge in [0.15, 0.2) is 11.5 Å². The molecule has 1 N–H and O–H groups in total. The summed E-state index contributed by atoms with van der Waals surface area (Å²) >= 11 is 0.631. The molecule has 1 saturated heterocycles. The van der Waals surface area contributed by atoms with Crippen LogP contribution >= 0.6 is 11.8 Å². The van der Waals surface area contributed by atoms with Crippen LogP contribution in [0.15, 0.2) is 41.3 Å². The number of nitro benzene ring substituents is 1. The van der Waals surface area contributed by atoms with Crippen molar-refractivity contribution >= 4 is 46.3 Å². The van der Waals surface area contributed by atoms with Gasteiger partial charge in [0.25, 0.3) is 16.8 Å². The van der Waals surface area contributed by atoms with Gasteiger partial charge in [-0.1, -0.05) is 0 Å². The zero-order chi connectivity index (χ0) is 22.8. The number of methoxy groups -OCH3 is 1. The maximum atomic E-state index is 12.7. The Kier molecular flexibility index (Phi) is 5.69. The van der Waals surface area contributed by atoms with Crippen molar-refractivity contribution in [1.82, 2.24) is 4.90 Å². The Morgan fingerprint density at radius 3 is 2.78 bits per heavy atom. The van der Waals surface area contributed by atoms with Crippen molar-refractivity contribution in [3.8, 4) is 17.2 Å². The van der Waals surface area contributed by atoms with E-state index in [-0.39, 0.29) is 22.9 Å². The van der Waals surface area contributed by atoms with Gasteiger partial charge in [-0.25, -0.2) is 0 Å². The smallest absolute Gasteiger partial charge is 0.294 e. The van der Waals surface area contributed by atoms with Crippen LogP contribution in [0, 0.1) is 10.1 Å². The van der Waals surface area contributed by atoms with E-state index in [4.69, 9.17) is 14.2 Å². The van der Waals surface area contributed by atoms with Crippen LogP contribution in [0.25, 0.3) is 6.08 Å². The number of hydrogen-bond donors (Lipinski definition) is 1. The van der Waals surface area contributed by atoms with Gasteiger partial charge in [-0.15, -0.1) is 0 Å². The molecule has 2 aromatic carbocycles. The summed E-state index contributed by atoms with van der Waals surface area (Å²) in [5.41, 5.74) is 0.486. The minimum Gasteiger partial charge on any atom is -0.496 e. The zero-order valence-corrected chi connectivity index (χ0v) is 17.3. The topological polar surface area (TPSA) is 137 Å². The van der Waals surface area contributed by atoms with Crippen LogP contribution in [0.3, 0.4) is 0 Å². The number of ether oxygens (including phenoxy) is 3. The van der Waals surface area contributed by atoms with E-state index in [0.717, 1.165) is 4.90 Å². The van der Waals surface area contributed by atoms with Crippen molar-refractivity contribution in [2.24, 2.45) is 0 Å². The van der Waals surface area contributed by atoms with Crippen molar-refractivity contribution in [3.05, 3.63) is 57.0 Å². The lowest BCUT2D eigenvalue weighted by Crippen LogP contribution is -2.36. The molecular formula is C20H15N3O8S. The van der Waals surface area contributed by atoms with E-state index in [1.54, 1.807) is 18.2 Å². The molecule has 0 bridgehead atoms. The summed E-state index contributed by atoms with van der Waals surface area (Å²) in [4.78, 5) is 48.7. The molecule has 0 saturated carbocycles. The van der Waals surface area contributed by atoms with Crippen LogP contribution in [0.5, 0.6) is 17.2 Å². The number of hydrogen-bond acceptors (Lipinski definition) is 9. The molecule has 11 nitrogen and oxygen atoms in total. The maximum absolute atomic E-state index is 12.7. The summed E-state index contributed by atoms with van der Waals surface area (Å²) in [7, 11) is 1.38. The fourth-order valence-electron chi connectivity index (χ4n) is 3.04.